The molecule has 2 unspecified atom stereocenters. The minimum absolute atomic E-state index is 0.115. The molecule has 2 atom stereocenters. The van der Waals surface area contributed by atoms with Crippen molar-refractivity contribution >= 4 is 0 Å². The van der Waals surface area contributed by atoms with E-state index in [0.29, 0.717) is 13.1 Å². The fourth-order valence-corrected chi connectivity index (χ4v) is 2.36. The molecule has 84 valence electrons. The van der Waals surface area contributed by atoms with Gasteiger partial charge in [-0.1, -0.05) is 12.8 Å². The Morgan fingerprint density at radius 2 is 2.36 bits per heavy atom. The molecule has 0 aromatic rings. The van der Waals surface area contributed by atoms with Crippen LogP contribution in [0.2, 0.25) is 0 Å². The maximum Gasteiger partial charge on any atom is 0.0765 e. The molecular weight excluding hydrogens is 180 g/mol. The fourth-order valence-electron chi connectivity index (χ4n) is 2.36. The molecule has 0 bridgehead atoms. The van der Waals surface area contributed by atoms with E-state index < -0.39 is 0 Å². The van der Waals surface area contributed by atoms with Crippen molar-refractivity contribution in [2.45, 2.75) is 37.3 Å². The van der Waals surface area contributed by atoms with E-state index in [1.54, 1.807) is 7.11 Å². The van der Waals surface area contributed by atoms with Crippen LogP contribution in [0, 0.1) is 0 Å². The molecular formula is C10H22N2O2. The van der Waals surface area contributed by atoms with Crippen LogP contribution in [0.25, 0.3) is 0 Å². The van der Waals surface area contributed by atoms with Gasteiger partial charge in [0, 0.05) is 20.2 Å². The van der Waals surface area contributed by atoms with Crippen molar-refractivity contribution < 1.29 is 9.84 Å². The highest BCUT2D eigenvalue weighted by Gasteiger charge is 2.39. The summed E-state index contributed by atoms with van der Waals surface area (Å²) in [5, 5.41) is 12.2. The summed E-state index contributed by atoms with van der Waals surface area (Å²) >= 11 is 0. The lowest BCUT2D eigenvalue weighted by atomic mass is 9.79. The lowest BCUT2D eigenvalue weighted by Crippen LogP contribution is -2.61. The number of aliphatic hydroxyl groups excluding tert-OH is 1. The topological polar surface area (TPSA) is 67.5 Å². The third kappa shape index (κ3) is 2.45. The van der Waals surface area contributed by atoms with Crippen LogP contribution in [0.4, 0.5) is 0 Å². The third-order valence-electron chi connectivity index (χ3n) is 3.19. The Kier molecular flexibility index (Phi) is 4.81. The van der Waals surface area contributed by atoms with Gasteiger partial charge in [0.25, 0.3) is 0 Å². The first-order valence-corrected chi connectivity index (χ1v) is 5.38. The number of nitrogens with two attached hydrogens (primary N) is 1. The standard InChI is InChI=1S/C10H22N2O2/c1-14-9-4-2-3-5-10(9,8-11)12-6-7-13/h9,12-13H,2-8,11H2,1H3. The maximum absolute atomic E-state index is 8.82. The van der Waals surface area contributed by atoms with Crippen molar-refractivity contribution in [1.29, 1.82) is 0 Å². The summed E-state index contributed by atoms with van der Waals surface area (Å²) in [5.41, 5.74) is 5.71. The van der Waals surface area contributed by atoms with Gasteiger partial charge in [0.15, 0.2) is 0 Å². The average Bonchev–Trinajstić information content (AvgIpc) is 2.26. The molecule has 1 rings (SSSR count). The summed E-state index contributed by atoms with van der Waals surface area (Å²) in [4.78, 5) is 0. The molecule has 0 radical (unpaired) electrons. The van der Waals surface area contributed by atoms with Crippen molar-refractivity contribution in [3.63, 3.8) is 0 Å². The average molecular weight is 202 g/mol. The highest BCUT2D eigenvalue weighted by atomic mass is 16.5. The second-order valence-electron chi connectivity index (χ2n) is 3.98. The van der Waals surface area contributed by atoms with E-state index in [0.717, 1.165) is 12.8 Å². The molecule has 0 heterocycles. The van der Waals surface area contributed by atoms with Gasteiger partial charge in [-0.2, -0.15) is 0 Å². The van der Waals surface area contributed by atoms with Crippen LogP contribution >= 0.6 is 0 Å². The van der Waals surface area contributed by atoms with Gasteiger partial charge < -0.3 is 20.9 Å². The molecule has 1 fully saturated rings. The first-order chi connectivity index (χ1) is 6.79. The third-order valence-corrected chi connectivity index (χ3v) is 3.19. The molecule has 14 heavy (non-hydrogen) atoms. The number of β-amino-alcohol motifs (C(OH)–C–C–N with tert-alkyl or cyclic N) is 1. The molecule has 0 aromatic carbocycles. The highest BCUT2D eigenvalue weighted by Crippen LogP contribution is 2.29. The number of hydrogen-bond donors (Lipinski definition) is 3. The monoisotopic (exact) mass is 202 g/mol. The number of hydrogen-bond acceptors (Lipinski definition) is 4. The first kappa shape index (κ1) is 11.9. The zero-order valence-electron chi connectivity index (χ0n) is 8.96. The van der Waals surface area contributed by atoms with Crippen LogP contribution in [0.5, 0.6) is 0 Å². The maximum atomic E-state index is 8.82. The van der Waals surface area contributed by atoms with Crippen LogP contribution < -0.4 is 11.1 Å². The van der Waals surface area contributed by atoms with Crippen LogP contribution in [0.15, 0.2) is 0 Å². The second-order valence-corrected chi connectivity index (χ2v) is 3.98. The Labute approximate surface area is 85.8 Å². The Bertz CT molecular complexity index is 166. The normalized spacial score (nSPS) is 33.2. The summed E-state index contributed by atoms with van der Waals surface area (Å²) in [6.45, 7) is 1.32. The Hall–Kier alpha value is -0.160. The predicted molar refractivity (Wildman–Crippen MR) is 56.1 cm³/mol. The summed E-state index contributed by atoms with van der Waals surface area (Å²) in [7, 11) is 1.74. The van der Waals surface area contributed by atoms with Gasteiger partial charge in [-0.3, -0.25) is 0 Å². The summed E-state index contributed by atoms with van der Waals surface area (Å²) < 4.78 is 5.47. The van der Waals surface area contributed by atoms with E-state index in [-0.39, 0.29) is 18.2 Å². The largest absolute Gasteiger partial charge is 0.395 e. The van der Waals surface area contributed by atoms with E-state index in [2.05, 4.69) is 5.32 Å². The van der Waals surface area contributed by atoms with Crippen molar-refractivity contribution in [2.24, 2.45) is 5.73 Å². The zero-order valence-corrected chi connectivity index (χ0v) is 8.96. The molecule has 0 aromatic heterocycles. The lowest BCUT2D eigenvalue weighted by Gasteiger charge is -2.43. The van der Waals surface area contributed by atoms with Gasteiger partial charge in [0.2, 0.25) is 0 Å². The predicted octanol–water partition coefficient (Wildman–Crippen LogP) is -0.145. The molecule has 1 aliphatic carbocycles. The second kappa shape index (κ2) is 5.66. The molecule has 4 heteroatoms. The minimum atomic E-state index is -0.115. The van der Waals surface area contributed by atoms with Gasteiger partial charge in [-0.05, 0) is 12.8 Å². The van der Waals surface area contributed by atoms with E-state index >= 15 is 0 Å². The fraction of sp³-hybridized carbons (Fsp3) is 1.00. The van der Waals surface area contributed by atoms with Gasteiger partial charge in [-0.15, -0.1) is 0 Å². The zero-order chi connectivity index (χ0) is 10.4. The Morgan fingerprint density at radius 3 is 2.93 bits per heavy atom. The summed E-state index contributed by atoms with van der Waals surface area (Å²) in [6.07, 6.45) is 4.69. The smallest absolute Gasteiger partial charge is 0.0765 e. The van der Waals surface area contributed by atoms with Gasteiger partial charge >= 0.3 is 0 Å². The number of aliphatic hydroxyl groups is 1. The SMILES string of the molecule is COC1CCCCC1(CN)NCCO. The molecule has 4 N–H and O–H groups in total. The number of methoxy groups -OCH3 is 1. The van der Waals surface area contributed by atoms with Gasteiger partial charge in [0.05, 0.1) is 18.2 Å². The van der Waals surface area contributed by atoms with Crippen LogP contribution in [-0.2, 0) is 4.74 Å². The molecule has 4 nitrogen and oxygen atoms in total. The van der Waals surface area contributed by atoms with Crippen LogP contribution in [0.3, 0.4) is 0 Å². The van der Waals surface area contributed by atoms with Crippen molar-refractivity contribution in [3.8, 4) is 0 Å². The van der Waals surface area contributed by atoms with Crippen molar-refractivity contribution in [2.75, 3.05) is 26.8 Å². The molecule has 1 saturated carbocycles. The Morgan fingerprint density at radius 1 is 1.57 bits per heavy atom. The van der Waals surface area contributed by atoms with Crippen LogP contribution in [0.1, 0.15) is 25.7 Å². The lowest BCUT2D eigenvalue weighted by molar-refractivity contribution is -0.00987. The van der Waals surface area contributed by atoms with Crippen molar-refractivity contribution in [3.05, 3.63) is 0 Å². The first-order valence-electron chi connectivity index (χ1n) is 5.38. The van der Waals surface area contributed by atoms with E-state index in [4.69, 9.17) is 15.6 Å². The van der Waals surface area contributed by atoms with Gasteiger partial charge in [-0.25, -0.2) is 0 Å². The molecule has 0 aliphatic heterocycles. The molecule has 0 saturated heterocycles. The highest BCUT2D eigenvalue weighted by molar-refractivity contribution is 4.99. The van der Waals surface area contributed by atoms with Crippen molar-refractivity contribution in [1.82, 2.24) is 5.32 Å². The molecule has 1 aliphatic rings. The molecule has 0 amide bonds. The number of ether oxygens (including phenoxy) is 1. The van der Waals surface area contributed by atoms with E-state index in [9.17, 15) is 0 Å². The summed E-state index contributed by atoms with van der Waals surface area (Å²) in [6, 6.07) is 0. The summed E-state index contributed by atoms with van der Waals surface area (Å²) in [5.74, 6) is 0. The van der Waals surface area contributed by atoms with E-state index in [1.807, 2.05) is 0 Å². The Balaban J connectivity index is 2.60. The molecule has 0 spiro atoms. The minimum Gasteiger partial charge on any atom is -0.395 e. The number of rotatable bonds is 5. The van der Waals surface area contributed by atoms with Gasteiger partial charge in [0.1, 0.15) is 0 Å². The number of nitrogens with one attached hydrogen (secondary N) is 1. The quantitative estimate of drug-likeness (QED) is 0.580. The van der Waals surface area contributed by atoms with E-state index in [1.165, 1.54) is 12.8 Å². The van der Waals surface area contributed by atoms with Crippen LogP contribution in [-0.4, -0.2) is 43.6 Å².